The van der Waals surface area contributed by atoms with Crippen molar-refractivity contribution in [3.63, 3.8) is 0 Å². The van der Waals surface area contributed by atoms with E-state index in [4.69, 9.17) is 27.9 Å². The van der Waals surface area contributed by atoms with Crippen molar-refractivity contribution in [1.82, 2.24) is 10.2 Å². The van der Waals surface area contributed by atoms with Crippen molar-refractivity contribution < 1.29 is 4.74 Å². The summed E-state index contributed by atoms with van der Waals surface area (Å²) in [6.07, 6.45) is 0.0924. The van der Waals surface area contributed by atoms with Crippen LogP contribution in [-0.4, -0.2) is 43.8 Å². The van der Waals surface area contributed by atoms with E-state index in [0.717, 1.165) is 25.3 Å². The molecule has 112 valence electrons. The highest BCUT2D eigenvalue weighted by Gasteiger charge is 2.32. The summed E-state index contributed by atoms with van der Waals surface area (Å²) in [5.41, 5.74) is 1.08. The second-order valence-corrected chi connectivity index (χ2v) is 6.41. The third kappa shape index (κ3) is 3.86. The lowest BCUT2D eigenvalue weighted by molar-refractivity contribution is -0.0619. The normalized spacial score (nSPS) is 24.3. The van der Waals surface area contributed by atoms with Crippen LogP contribution in [0.2, 0.25) is 10.0 Å². The van der Waals surface area contributed by atoms with Gasteiger partial charge in [-0.25, -0.2) is 0 Å². The molecule has 1 heterocycles. The van der Waals surface area contributed by atoms with Crippen molar-refractivity contribution >= 4 is 23.2 Å². The van der Waals surface area contributed by atoms with E-state index >= 15 is 0 Å². The maximum atomic E-state index is 6.37. The van der Waals surface area contributed by atoms with Gasteiger partial charge in [0.05, 0.1) is 18.8 Å². The summed E-state index contributed by atoms with van der Waals surface area (Å²) < 4.78 is 5.96. The molecule has 1 aliphatic rings. The molecule has 0 aliphatic carbocycles. The number of rotatable bonds is 4. The Morgan fingerprint density at radius 1 is 1.40 bits per heavy atom. The van der Waals surface area contributed by atoms with Crippen LogP contribution in [0.3, 0.4) is 0 Å². The Hall–Kier alpha value is -0.320. The van der Waals surface area contributed by atoms with Gasteiger partial charge in [-0.3, -0.25) is 4.90 Å². The fraction of sp³-hybridized carbons (Fsp3) is 0.600. The van der Waals surface area contributed by atoms with Crippen LogP contribution >= 0.6 is 23.2 Å². The number of hydrogen-bond acceptors (Lipinski definition) is 3. The second kappa shape index (κ2) is 7.10. The molecule has 0 aromatic heterocycles. The summed E-state index contributed by atoms with van der Waals surface area (Å²) >= 11 is 12.4. The van der Waals surface area contributed by atoms with E-state index in [1.807, 2.05) is 12.1 Å². The van der Waals surface area contributed by atoms with Crippen molar-refractivity contribution in [3.8, 4) is 0 Å². The van der Waals surface area contributed by atoms with Gasteiger partial charge >= 0.3 is 0 Å². The van der Waals surface area contributed by atoms with Crippen LogP contribution in [0.15, 0.2) is 18.2 Å². The minimum absolute atomic E-state index is 0.0924. The molecule has 1 aliphatic heterocycles. The maximum absolute atomic E-state index is 6.37. The van der Waals surface area contributed by atoms with E-state index in [0.29, 0.717) is 16.1 Å². The lowest BCUT2D eigenvalue weighted by Crippen LogP contribution is -2.48. The molecule has 1 aromatic carbocycles. The van der Waals surface area contributed by atoms with Gasteiger partial charge in [-0.15, -0.1) is 0 Å². The van der Waals surface area contributed by atoms with Gasteiger partial charge in [0, 0.05) is 29.2 Å². The molecule has 3 nitrogen and oxygen atoms in total. The molecule has 0 radical (unpaired) electrons. The largest absolute Gasteiger partial charge is 0.374 e. The van der Waals surface area contributed by atoms with E-state index in [9.17, 15) is 0 Å². The average Bonchev–Trinajstić information content (AvgIpc) is 2.37. The van der Waals surface area contributed by atoms with Crippen LogP contribution in [0.1, 0.15) is 25.5 Å². The zero-order valence-corrected chi connectivity index (χ0v) is 13.7. The fourth-order valence-electron chi connectivity index (χ4n) is 2.56. The van der Waals surface area contributed by atoms with Crippen molar-refractivity contribution in [2.75, 3.05) is 26.7 Å². The molecule has 1 fully saturated rings. The van der Waals surface area contributed by atoms with Crippen molar-refractivity contribution in [1.29, 1.82) is 0 Å². The standard InChI is InChI=1S/C15H22Cl2N2O/c1-10(2)18-9-14-15(19(3)6-7-20-14)12-5-4-11(16)8-13(12)17/h4-5,8,10,14-15,18H,6-7,9H2,1-3H3. The van der Waals surface area contributed by atoms with Crippen LogP contribution in [-0.2, 0) is 4.74 Å². The van der Waals surface area contributed by atoms with E-state index in [2.05, 4.69) is 31.1 Å². The first kappa shape index (κ1) is 16.1. The minimum atomic E-state index is 0.0924. The molecule has 2 atom stereocenters. The van der Waals surface area contributed by atoms with Gasteiger partial charge in [0.25, 0.3) is 0 Å². The third-order valence-electron chi connectivity index (χ3n) is 3.61. The predicted molar refractivity (Wildman–Crippen MR) is 84.7 cm³/mol. The Morgan fingerprint density at radius 3 is 2.80 bits per heavy atom. The molecule has 5 heteroatoms. The quantitative estimate of drug-likeness (QED) is 0.921. The van der Waals surface area contributed by atoms with Crippen LogP contribution in [0.4, 0.5) is 0 Å². The smallest absolute Gasteiger partial charge is 0.0897 e. The lowest BCUT2D eigenvalue weighted by Gasteiger charge is -2.40. The topological polar surface area (TPSA) is 24.5 Å². The second-order valence-electron chi connectivity index (χ2n) is 5.56. The number of ether oxygens (including phenoxy) is 1. The van der Waals surface area contributed by atoms with Crippen LogP contribution in [0.5, 0.6) is 0 Å². The molecule has 2 rings (SSSR count). The number of nitrogens with zero attached hydrogens (tertiary/aromatic N) is 1. The lowest BCUT2D eigenvalue weighted by atomic mass is 9.98. The predicted octanol–water partition coefficient (Wildman–Crippen LogP) is 3.36. The molecule has 0 amide bonds. The third-order valence-corrected chi connectivity index (χ3v) is 4.17. The van der Waals surface area contributed by atoms with Crippen LogP contribution in [0.25, 0.3) is 0 Å². The van der Waals surface area contributed by atoms with Crippen molar-refractivity contribution in [3.05, 3.63) is 33.8 Å². The molecule has 20 heavy (non-hydrogen) atoms. The summed E-state index contributed by atoms with van der Waals surface area (Å²) in [5, 5.41) is 4.81. The Morgan fingerprint density at radius 2 is 2.15 bits per heavy atom. The summed E-state index contributed by atoms with van der Waals surface area (Å²) in [5.74, 6) is 0. The maximum Gasteiger partial charge on any atom is 0.0897 e. The van der Waals surface area contributed by atoms with Crippen molar-refractivity contribution in [2.45, 2.75) is 32.0 Å². The molecule has 2 unspecified atom stereocenters. The Bertz CT molecular complexity index is 453. The first-order valence-corrected chi connectivity index (χ1v) is 7.75. The van der Waals surface area contributed by atoms with Gasteiger partial charge in [0.1, 0.15) is 0 Å². The number of halogens is 2. The number of benzene rings is 1. The van der Waals surface area contributed by atoms with Gasteiger partial charge in [-0.1, -0.05) is 43.1 Å². The highest BCUT2D eigenvalue weighted by atomic mass is 35.5. The van der Waals surface area contributed by atoms with E-state index in [1.165, 1.54) is 0 Å². The van der Waals surface area contributed by atoms with Crippen molar-refractivity contribution in [2.24, 2.45) is 0 Å². The molecule has 1 saturated heterocycles. The molecule has 0 bridgehead atoms. The summed E-state index contributed by atoms with van der Waals surface area (Å²) in [6, 6.07) is 6.28. The van der Waals surface area contributed by atoms with E-state index < -0.39 is 0 Å². The summed E-state index contributed by atoms with van der Waals surface area (Å²) in [7, 11) is 2.11. The number of hydrogen-bond donors (Lipinski definition) is 1. The first-order valence-electron chi connectivity index (χ1n) is 6.99. The van der Waals surface area contributed by atoms with Crippen LogP contribution in [0, 0.1) is 0 Å². The molecule has 0 spiro atoms. The minimum Gasteiger partial charge on any atom is -0.374 e. The number of morpholine rings is 1. The number of likely N-dealkylation sites (N-methyl/N-ethyl adjacent to an activating group) is 1. The highest BCUT2D eigenvalue weighted by molar-refractivity contribution is 6.35. The zero-order chi connectivity index (χ0) is 14.7. The van der Waals surface area contributed by atoms with Crippen LogP contribution < -0.4 is 5.32 Å². The van der Waals surface area contributed by atoms with Gasteiger partial charge in [-0.05, 0) is 24.7 Å². The van der Waals surface area contributed by atoms with Gasteiger partial charge in [0.15, 0.2) is 0 Å². The Kier molecular flexibility index (Phi) is 5.70. The SMILES string of the molecule is CC(C)NCC1OCCN(C)C1c1ccc(Cl)cc1Cl. The number of nitrogens with one attached hydrogen (secondary N) is 1. The molecular weight excluding hydrogens is 295 g/mol. The highest BCUT2D eigenvalue weighted by Crippen LogP contribution is 2.34. The summed E-state index contributed by atoms with van der Waals surface area (Å²) in [6.45, 7) is 6.74. The molecule has 1 aromatic rings. The zero-order valence-electron chi connectivity index (χ0n) is 12.2. The molecule has 1 N–H and O–H groups in total. The Labute approximate surface area is 131 Å². The summed E-state index contributed by atoms with van der Waals surface area (Å²) in [4.78, 5) is 2.30. The molecule has 0 saturated carbocycles. The average molecular weight is 317 g/mol. The fourth-order valence-corrected chi connectivity index (χ4v) is 3.08. The van der Waals surface area contributed by atoms with Gasteiger partial charge < -0.3 is 10.1 Å². The monoisotopic (exact) mass is 316 g/mol. The van der Waals surface area contributed by atoms with Gasteiger partial charge in [-0.2, -0.15) is 0 Å². The first-order chi connectivity index (χ1) is 9.49. The van der Waals surface area contributed by atoms with E-state index in [-0.39, 0.29) is 12.1 Å². The molecular formula is C15H22Cl2N2O. The van der Waals surface area contributed by atoms with E-state index in [1.54, 1.807) is 6.07 Å². The van der Waals surface area contributed by atoms with Gasteiger partial charge in [0.2, 0.25) is 0 Å². The Balaban J connectivity index is 2.22.